The Hall–Kier alpha value is -2.21. The average molecular weight is 568 g/mol. The minimum Gasteiger partial charge on any atom is -0.367 e. The monoisotopic (exact) mass is 568 g/mol. The number of nitrogens with zero attached hydrogens (tertiary/aromatic N) is 7. The number of aliphatic imine (C=N–C) groups is 1. The summed E-state index contributed by atoms with van der Waals surface area (Å²) in [7, 11) is 1.84. The first-order valence-electron chi connectivity index (χ1n) is 11.4. The van der Waals surface area contributed by atoms with Gasteiger partial charge >= 0.3 is 0 Å². The fourth-order valence-corrected chi connectivity index (χ4v) is 4.33. The number of rotatable bonds is 6. The van der Waals surface area contributed by atoms with Gasteiger partial charge in [-0.25, -0.2) is 14.4 Å². The maximum atomic E-state index is 14.0. The molecule has 1 N–H and O–H groups in total. The number of nitrogens with one attached hydrogen (secondary N) is 1. The van der Waals surface area contributed by atoms with Crippen LogP contribution in [0.4, 0.5) is 16.0 Å². The molecule has 0 spiro atoms. The number of aromatic nitrogens is 2. The SMILES string of the molecule is CN=C(NCCCN1CCN(c2ccccc2F)CC1)N1CCN(c2ncccn2)CC1.I. The highest BCUT2D eigenvalue weighted by Crippen LogP contribution is 2.20. The number of guanidine groups is 1. The lowest BCUT2D eigenvalue weighted by molar-refractivity contribution is 0.254. The summed E-state index contributed by atoms with van der Waals surface area (Å²) in [5, 5.41) is 3.51. The van der Waals surface area contributed by atoms with Crippen LogP contribution in [0, 0.1) is 5.82 Å². The zero-order valence-electron chi connectivity index (χ0n) is 19.2. The summed E-state index contributed by atoms with van der Waals surface area (Å²) >= 11 is 0. The average Bonchev–Trinajstić information content (AvgIpc) is 2.86. The fourth-order valence-electron chi connectivity index (χ4n) is 4.33. The van der Waals surface area contributed by atoms with Crippen molar-refractivity contribution in [3.63, 3.8) is 0 Å². The van der Waals surface area contributed by atoms with Crippen molar-refractivity contribution in [2.24, 2.45) is 4.99 Å². The van der Waals surface area contributed by atoms with E-state index in [0.717, 1.165) is 89.5 Å². The second-order valence-electron chi connectivity index (χ2n) is 8.13. The largest absolute Gasteiger partial charge is 0.367 e. The molecule has 1 aromatic heterocycles. The van der Waals surface area contributed by atoms with Crippen molar-refractivity contribution in [1.29, 1.82) is 0 Å². The molecule has 3 heterocycles. The van der Waals surface area contributed by atoms with E-state index in [1.54, 1.807) is 18.5 Å². The standard InChI is InChI=1S/C23H33FN8.HI/c1-25-22(31-16-18-32(19-17-31)23-27-8-4-9-28-23)26-10-5-11-29-12-14-30(15-13-29)21-7-3-2-6-20(21)24;/h2-4,6-9H,5,10-19H2,1H3,(H,25,26);1H. The Labute approximate surface area is 212 Å². The number of anilines is 2. The van der Waals surface area contributed by atoms with Gasteiger partial charge in [0.05, 0.1) is 5.69 Å². The first kappa shape index (κ1) is 25.4. The number of hydrogen-bond acceptors (Lipinski definition) is 6. The quantitative estimate of drug-likeness (QED) is 0.248. The van der Waals surface area contributed by atoms with Crippen LogP contribution in [0.2, 0.25) is 0 Å². The van der Waals surface area contributed by atoms with E-state index in [1.807, 2.05) is 25.2 Å². The summed E-state index contributed by atoms with van der Waals surface area (Å²) in [6.07, 6.45) is 4.63. The second kappa shape index (κ2) is 12.9. The highest BCUT2D eigenvalue weighted by atomic mass is 127. The number of piperazine rings is 2. The zero-order valence-corrected chi connectivity index (χ0v) is 21.6. The van der Waals surface area contributed by atoms with E-state index in [1.165, 1.54) is 6.07 Å². The Morgan fingerprint density at radius 3 is 2.27 bits per heavy atom. The molecule has 0 unspecified atom stereocenters. The lowest BCUT2D eigenvalue weighted by atomic mass is 10.2. The van der Waals surface area contributed by atoms with Crippen LogP contribution in [-0.2, 0) is 0 Å². The Balaban J connectivity index is 0.00000306. The lowest BCUT2D eigenvalue weighted by Crippen LogP contribution is -2.53. The Kier molecular flexibility index (Phi) is 9.92. The zero-order chi connectivity index (χ0) is 22.2. The molecule has 180 valence electrons. The van der Waals surface area contributed by atoms with Gasteiger partial charge in [-0.3, -0.25) is 9.89 Å². The van der Waals surface area contributed by atoms with E-state index >= 15 is 0 Å². The number of para-hydroxylation sites is 1. The van der Waals surface area contributed by atoms with Crippen molar-refractivity contribution in [3.05, 3.63) is 48.5 Å². The van der Waals surface area contributed by atoms with Crippen LogP contribution in [0.15, 0.2) is 47.7 Å². The molecule has 2 fully saturated rings. The number of halogens is 2. The van der Waals surface area contributed by atoms with Gasteiger partial charge in [0, 0.05) is 78.3 Å². The topological polar surface area (TPSA) is 63.1 Å². The Morgan fingerprint density at radius 1 is 0.939 bits per heavy atom. The van der Waals surface area contributed by atoms with Crippen molar-refractivity contribution in [3.8, 4) is 0 Å². The minimum absolute atomic E-state index is 0. The first-order valence-corrected chi connectivity index (χ1v) is 11.4. The third-order valence-electron chi connectivity index (χ3n) is 6.13. The minimum atomic E-state index is -0.131. The molecule has 2 saturated heterocycles. The normalized spacial score (nSPS) is 17.6. The van der Waals surface area contributed by atoms with Crippen LogP contribution in [0.1, 0.15) is 6.42 Å². The van der Waals surface area contributed by atoms with Gasteiger partial charge in [0.15, 0.2) is 5.96 Å². The molecule has 10 heteroatoms. The van der Waals surface area contributed by atoms with E-state index < -0.39 is 0 Å². The summed E-state index contributed by atoms with van der Waals surface area (Å²) in [4.78, 5) is 22.3. The summed E-state index contributed by atoms with van der Waals surface area (Å²) in [5.41, 5.74) is 0.719. The molecule has 33 heavy (non-hydrogen) atoms. The lowest BCUT2D eigenvalue weighted by Gasteiger charge is -2.37. The van der Waals surface area contributed by atoms with Gasteiger partial charge in [-0.05, 0) is 31.2 Å². The molecular weight excluding hydrogens is 534 g/mol. The van der Waals surface area contributed by atoms with Gasteiger partial charge in [0.25, 0.3) is 0 Å². The molecule has 0 amide bonds. The Morgan fingerprint density at radius 2 is 1.61 bits per heavy atom. The maximum absolute atomic E-state index is 14.0. The maximum Gasteiger partial charge on any atom is 0.225 e. The highest BCUT2D eigenvalue weighted by Gasteiger charge is 2.21. The molecule has 4 rings (SSSR count). The van der Waals surface area contributed by atoms with Crippen molar-refractivity contribution < 1.29 is 4.39 Å². The summed E-state index contributed by atoms with van der Waals surface area (Å²) in [5.74, 6) is 1.63. The predicted molar refractivity (Wildman–Crippen MR) is 142 cm³/mol. The molecule has 2 aliphatic rings. The molecular formula is C23H34FIN8. The van der Waals surface area contributed by atoms with Crippen LogP contribution in [0.5, 0.6) is 0 Å². The fraction of sp³-hybridized carbons (Fsp3) is 0.522. The molecule has 0 saturated carbocycles. The van der Waals surface area contributed by atoms with Crippen LogP contribution in [0.25, 0.3) is 0 Å². The molecule has 1 aromatic carbocycles. The molecule has 2 aliphatic heterocycles. The van der Waals surface area contributed by atoms with Gasteiger partial charge in [0.2, 0.25) is 5.95 Å². The van der Waals surface area contributed by atoms with Crippen LogP contribution in [-0.4, -0.2) is 98.2 Å². The smallest absolute Gasteiger partial charge is 0.225 e. The van der Waals surface area contributed by atoms with Gasteiger partial charge < -0.3 is 20.0 Å². The van der Waals surface area contributed by atoms with E-state index in [2.05, 4.69) is 39.9 Å². The molecule has 8 nitrogen and oxygen atoms in total. The van der Waals surface area contributed by atoms with E-state index in [0.29, 0.717) is 0 Å². The predicted octanol–water partition coefficient (Wildman–Crippen LogP) is 2.14. The van der Waals surface area contributed by atoms with Crippen molar-refractivity contribution in [1.82, 2.24) is 25.1 Å². The molecule has 0 bridgehead atoms. The van der Waals surface area contributed by atoms with Gasteiger partial charge in [-0.1, -0.05) is 12.1 Å². The molecule has 2 aromatic rings. The second-order valence-corrected chi connectivity index (χ2v) is 8.13. The number of hydrogen-bond donors (Lipinski definition) is 1. The number of benzene rings is 1. The highest BCUT2D eigenvalue weighted by molar-refractivity contribution is 14.0. The summed E-state index contributed by atoms with van der Waals surface area (Å²) in [6.45, 7) is 9.16. The third kappa shape index (κ3) is 6.89. The van der Waals surface area contributed by atoms with Crippen LogP contribution in [0.3, 0.4) is 0 Å². The first-order chi connectivity index (χ1) is 15.7. The van der Waals surface area contributed by atoms with Crippen molar-refractivity contribution in [2.75, 3.05) is 82.3 Å². The van der Waals surface area contributed by atoms with Crippen molar-refractivity contribution >= 4 is 41.6 Å². The summed E-state index contributed by atoms with van der Waals surface area (Å²) < 4.78 is 14.0. The van der Waals surface area contributed by atoms with E-state index in [4.69, 9.17) is 0 Å². The molecule has 0 aliphatic carbocycles. The third-order valence-corrected chi connectivity index (χ3v) is 6.13. The van der Waals surface area contributed by atoms with Gasteiger partial charge in [-0.2, -0.15) is 0 Å². The Bertz CT molecular complexity index is 868. The van der Waals surface area contributed by atoms with Gasteiger partial charge in [0.1, 0.15) is 5.82 Å². The van der Waals surface area contributed by atoms with Crippen LogP contribution >= 0.6 is 24.0 Å². The van der Waals surface area contributed by atoms with E-state index in [-0.39, 0.29) is 29.8 Å². The molecule has 0 radical (unpaired) electrons. The summed E-state index contributed by atoms with van der Waals surface area (Å²) in [6, 6.07) is 8.89. The van der Waals surface area contributed by atoms with Gasteiger partial charge in [-0.15, -0.1) is 24.0 Å². The van der Waals surface area contributed by atoms with Crippen molar-refractivity contribution in [2.45, 2.75) is 6.42 Å². The molecule has 0 atom stereocenters. The van der Waals surface area contributed by atoms with Crippen LogP contribution < -0.4 is 15.1 Å². The van der Waals surface area contributed by atoms with E-state index in [9.17, 15) is 4.39 Å².